The molecule has 196 valence electrons. The maximum atomic E-state index is 15.6. The van der Waals surface area contributed by atoms with Gasteiger partial charge in [0.05, 0.1) is 28.6 Å². The van der Waals surface area contributed by atoms with Crippen molar-refractivity contribution in [3.8, 4) is 0 Å². The molecule has 7 heterocycles. The average Bonchev–Trinajstić information content (AvgIpc) is 3.74. The fraction of sp³-hybridized carbons (Fsp3) is 0.286. The first-order chi connectivity index (χ1) is 19.0. The van der Waals surface area contributed by atoms with Crippen LogP contribution in [0, 0.1) is 5.95 Å². The Bertz CT molecular complexity index is 1790. The Labute approximate surface area is 221 Å². The van der Waals surface area contributed by atoms with Crippen LogP contribution >= 0.6 is 0 Å². The summed E-state index contributed by atoms with van der Waals surface area (Å²) >= 11 is 0. The van der Waals surface area contributed by atoms with E-state index >= 15 is 4.39 Å². The molecule has 11 heteroatoms. The third-order valence-corrected chi connectivity index (χ3v) is 8.51. The number of fused-ring (bicyclic) bond motifs is 3. The molecule has 0 radical (unpaired) electrons. The fourth-order valence-electron chi connectivity index (χ4n) is 6.71. The minimum absolute atomic E-state index is 0.0170. The lowest BCUT2D eigenvalue weighted by Gasteiger charge is -2.31. The zero-order valence-corrected chi connectivity index (χ0v) is 20.8. The minimum Gasteiger partial charge on any atom is -0.335 e. The van der Waals surface area contributed by atoms with Crippen LogP contribution in [0.3, 0.4) is 0 Å². The van der Waals surface area contributed by atoms with Crippen LogP contribution < -0.4 is 16.0 Å². The van der Waals surface area contributed by atoms with Gasteiger partial charge in [-0.25, -0.2) is 4.98 Å². The number of pyridine rings is 1. The Morgan fingerprint density at radius 3 is 2.74 bits per heavy atom. The molecule has 10 nitrogen and oxygen atoms in total. The number of carbonyl (C=O) groups excluding carboxylic acids is 3. The number of hydrogen-bond acceptors (Lipinski definition) is 6. The molecule has 4 aliphatic rings. The molecule has 1 aromatic carbocycles. The van der Waals surface area contributed by atoms with Gasteiger partial charge in [-0.2, -0.15) is 4.39 Å². The van der Waals surface area contributed by atoms with Crippen LogP contribution in [-0.4, -0.2) is 67.8 Å². The maximum absolute atomic E-state index is 15.6. The lowest BCUT2D eigenvalue weighted by Crippen LogP contribution is -2.54. The van der Waals surface area contributed by atoms with Gasteiger partial charge in [-0.05, 0) is 29.7 Å². The van der Waals surface area contributed by atoms with E-state index in [-0.39, 0.29) is 29.6 Å². The molecular weight excluding hydrogens is 501 g/mol. The summed E-state index contributed by atoms with van der Waals surface area (Å²) in [4.78, 5) is 46.0. The highest BCUT2D eigenvalue weighted by molar-refractivity contribution is 6.49. The minimum atomic E-state index is -0.574. The molecule has 2 saturated heterocycles. The first kappa shape index (κ1) is 22.6. The SMILES string of the molecule is O=C1NC(=O)C(c2cnc3ccccn23)=C1c1ccc2c3c1cc(F)n3CC(C(=O)N1C[C@H]3C[C@@H]1CN3)NC2. The molecule has 8 rings (SSSR count). The second-order valence-corrected chi connectivity index (χ2v) is 10.6. The summed E-state index contributed by atoms with van der Waals surface area (Å²) in [5.41, 5.74) is 3.39. The van der Waals surface area contributed by atoms with E-state index in [1.807, 2.05) is 29.2 Å². The van der Waals surface area contributed by atoms with Gasteiger partial charge in [0.1, 0.15) is 11.7 Å². The third-order valence-electron chi connectivity index (χ3n) is 8.51. The number of carbonyl (C=O) groups is 3. The Morgan fingerprint density at radius 2 is 1.92 bits per heavy atom. The fourth-order valence-corrected chi connectivity index (χ4v) is 6.71. The molecule has 2 bridgehead atoms. The lowest BCUT2D eigenvalue weighted by molar-refractivity contribution is -0.135. The number of likely N-dealkylation sites (tertiary alicyclic amines) is 1. The monoisotopic (exact) mass is 525 g/mol. The number of piperazine rings is 1. The molecule has 0 saturated carbocycles. The molecule has 0 aliphatic carbocycles. The van der Waals surface area contributed by atoms with Crippen molar-refractivity contribution in [2.75, 3.05) is 13.1 Å². The van der Waals surface area contributed by atoms with Crippen molar-refractivity contribution in [1.29, 1.82) is 0 Å². The largest absolute Gasteiger partial charge is 0.335 e. The van der Waals surface area contributed by atoms with Crippen molar-refractivity contribution in [1.82, 2.24) is 34.8 Å². The summed E-state index contributed by atoms with van der Waals surface area (Å²) in [6.07, 6.45) is 4.30. The summed E-state index contributed by atoms with van der Waals surface area (Å²) in [5.74, 6) is -1.58. The van der Waals surface area contributed by atoms with E-state index in [4.69, 9.17) is 0 Å². The van der Waals surface area contributed by atoms with E-state index in [9.17, 15) is 14.4 Å². The van der Waals surface area contributed by atoms with Crippen molar-refractivity contribution < 1.29 is 18.8 Å². The first-order valence-corrected chi connectivity index (χ1v) is 13.1. The van der Waals surface area contributed by atoms with E-state index in [2.05, 4.69) is 20.9 Å². The quantitative estimate of drug-likeness (QED) is 0.345. The lowest BCUT2D eigenvalue weighted by atomic mass is 9.95. The van der Waals surface area contributed by atoms with Gasteiger partial charge < -0.3 is 20.1 Å². The predicted octanol–water partition coefficient (Wildman–Crippen LogP) is 1.04. The molecule has 4 aromatic rings. The van der Waals surface area contributed by atoms with Crippen LogP contribution in [0.4, 0.5) is 4.39 Å². The standard InChI is InChI=1S/C28H24FN7O3/c29-21-8-18-17(23-24(27(38)33-26(23)37)20-11-32-22-3-1-2-6-34(20)22)5-4-14-9-31-19(13-36(21)25(14)18)28(39)35-12-15-7-16(35)10-30-15/h1-6,8,11,15-16,19,30-31H,7,9-10,12-13H2,(H,33,37,38)/t15-,16-,19?/m1/s1. The van der Waals surface area contributed by atoms with Gasteiger partial charge >= 0.3 is 0 Å². The Balaban J connectivity index is 1.25. The van der Waals surface area contributed by atoms with Crippen LogP contribution in [-0.2, 0) is 27.5 Å². The average molecular weight is 526 g/mol. The van der Waals surface area contributed by atoms with Crippen molar-refractivity contribution in [3.05, 3.63) is 71.6 Å². The summed E-state index contributed by atoms with van der Waals surface area (Å²) < 4.78 is 18.9. The van der Waals surface area contributed by atoms with Crippen molar-refractivity contribution >= 4 is 45.4 Å². The highest BCUT2D eigenvalue weighted by atomic mass is 19.1. The Kier molecular flexibility index (Phi) is 4.68. The molecule has 3 N–H and O–H groups in total. The van der Waals surface area contributed by atoms with Crippen LogP contribution in [0.5, 0.6) is 0 Å². The zero-order valence-electron chi connectivity index (χ0n) is 20.8. The zero-order chi connectivity index (χ0) is 26.4. The number of amides is 3. The van der Waals surface area contributed by atoms with Crippen LogP contribution in [0.25, 0.3) is 27.7 Å². The molecule has 2 fully saturated rings. The molecule has 3 aromatic heterocycles. The number of halogens is 1. The number of rotatable bonds is 3. The number of nitrogens with zero attached hydrogens (tertiary/aromatic N) is 4. The van der Waals surface area contributed by atoms with Crippen LogP contribution in [0.2, 0.25) is 0 Å². The number of hydrogen-bond donors (Lipinski definition) is 3. The highest BCUT2D eigenvalue weighted by Gasteiger charge is 2.43. The first-order valence-electron chi connectivity index (χ1n) is 13.1. The van der Waals surface area contributed by atoms with Crippen LogP contribution in [0.1, 0.15) is 23.2 Å². The van der Waals surface area contributed by atoms with Crippen LogP contribution in [0.15, 0.2) is 48.8 Å². The molecular formula is C28H24FN7O3. The van der Waals surface area contributed by atoms with Crippen molar-refractivity contribution in [2.24, 2.45) is 0 Å². The Morgan fingerprint density at radius 1 is 1.05 bits per heavy atom. The van der Waals surface area contributed by atoms with E-state index < -0.39 is 23.8 Å². The summed E-state index contributed by atoms with van der Waals surface area (Å²) in [5, 5.41) is 9.68. The van der Waals surface area contributed by atoms with E-state index in [0.717, 1.165) is 18.5 Å². The normalized spacial score (nSPS) is 24.3. The van der Waals surface area contributed by atoms with Crippen molar-refractivity contribution in [3.63, 3.8) is 0 Å². The highest BCUT2D eigenvalue weighted by Crippen LogP contribution is 2.38. The molecule has 3 atom stereocenters. The van der Waals surface area contributed by atoms with Gasteiger partial charge in [0.15, 0.2) is 5.95 Å². The molecule has 39 heavy (non-hydrogen) atoms. The molecule has 3 amide bonds. The van der Waals surface area contributed by atoms with E-state index in [1.165, 1.54) is 10.6 Å². The maximum Gasteiger partial charge on any atom is 0.261 e. The summed E-state index contributed by atoms with van der Waals surface area (Å²) in [7, 11) is 0. The topological polar surface area (TPSA) is 113 Å². The second kappa shape index (κ2) is 8.08. The molecule has 1 unspecified atom stereocenters. The number of imidazole rings is 1. The van der Waals surface area contributed by atoms with Gasteiger partial charge in [-0.15, -0.1) is 0 Å². The van der Waals surface area contributed by atoms with Gasteiger partial charge in [0.2, 0.25) is 5.91 Å². The Hall–Kier alpha value is -4.35. The predicted molar refractivity (Wildman–Crippen MR) is 140 cm³/mol. The third kappa shape index (κ3) is 3.20. The van der Waals surface area contributed by atoms with Crippen molar-refractivity contribution in [2.45, 2.75) is 37.6 Å². The van der Waals surface area contributed by atoms with Gasteiger partial charge in [-0.3, -0.25) is 24.1 Å². The summed E-state index contributed by atoms with van der Waals surface area (Å²) in [6.45, 7) is 1.97. The molecule has 0 spiro atoms. The number of benzene rings is 1. The summed E-state index contributed by atoms with van der Waals surface area (Å²) in [6, 6.07) is 10.4. The molecule has 4 aliphatic heterocycles. The van der Waals surface area contributed by atoms with E-state index in [1.54, 1.807) is 22.9 Å². The number of imide groups is 1. The number of aromatic nitrogens is 3. The van der Waals surface area contributed by atoms with Gasteiger partial charge in [-0.1, -0.05) is 18.2 Å². The smallest absolute Gasteiger partial charge is 0.261 e. The van der Waals surface area contributed by atoms with Gasteiger partial charge in [0.25, 0.3) is 11.8 Å². The van der Waals surface area contributed by atoms with E-state index in [0.29, 0.717) is 46.9 Å². The second-order valence-electron chi connectivity index (χ2n) is 10.6. The number of nitrogens with one attached hydrogen (secondary N) is 3. The van der Waals surface area contributed by atoms with Gasteiger partial charge in [0, 0.05) is 55.9 Å².